The predicted octanol–water partition coefficient (Wildman–Crippen LogP) is 2.41. The monoisotopic (exact) mass is 466 g/mol. The molecule has 1 fully saturated rings. The third-order valence-corrected chi connectivity index (χ3v) is 6.86. The van der Waals surface area contributed by atoms with E-state index in [1.807, 2.05) is 56.5 Å². The highest BCUT2D eigenvalue weighted by Gasteiger charge is 2.45. The maximum atomic E-state index is 13.1. The third-order valence-electron chi connectivity index (χ3n) is 6.86. The van der Waals surface area contributed by atoms with Crippen molar-refractivity contribution in [1.82, 2.24) is 40.2 Å². The lowest BCUT2D eigenvalue weighted by atomic mass is 9.99. The molecule has 2 aliphatic rings. The van der Waals surface area contributed by atoms with Crippen molar-refractivity contribution >= 4 is 22.6 Å². The van der Waals surface area contributed by atoms with Gasteiger partial charge in [-0.1, -0.05) is 18.2 Å². The first-order chi connectivity index (χ1) is 17.0. The average molecular weight is 467 g/mol. The first-order valence-electron chi connectivity index (χ1n) is 11.5. The Balaban J connectivity index is 1.36. The molecule has 6 rings (SSSR count). The van der Waals surface area contributed by atoms with E-state index in [0.717, 1.165) is 39.4 Å². The zero-order valence-electron chi connectivity index (χ0n) is 19.8. The standard InChI is InChI=1S/C26H26N8O/c1-16-29-21-15-28-12-10-22(21)34(16)19-8-6-17(7-9-19)20-13-23(35)32(2)26-25(30-20)24(31-33(26)3)18-5-4-11-27-14-18/h4-15,24-26,30-31H,1-3H3. The summed E-state index contributed by atoms with van der Waals surface area (Å²) in [5.41, 5.74) is 9.19. The fraction of sp³-hybridized carbons (Fsp3) is 0.231. The van der Waals surface area contributed by atoms with Crippen molar-refractivity contribution in [2.75, 3.05) is 14.1 Å². The quantitative estimate of drug-likeness (QED) is 0.479. The molecule has 1 saturated heterocycles. The minimum absolute atomic E-state index is 0.0386. The van der Waals surface area contributed by atoms with E-state index >= 15 is 0 Å². The van der Waals surface area contributed by atoms with Crippen LogP contribution < -0.4 is 10.7 Å². The number of likely N-dealkylation sites (N-methyl/N-ethyl adjacent to an activating group) is 2. The molecule has 0 saturated carbocycles. The lowest BCUT2D eigenvalue weighted by Crippen LogP contribution is -2.52. The van der Waals surface area contributed by atoms with E-state index in [9.17, 15) is 4.79 Å². The Labute approximate surface area is 203 Å². The van der Waals surface area contributed by atoms with Gasteiger partial charge in [-0.2, -0.15) is 0 Å². The lowest BCUT2D eigenvalue weighted by molar-refractivity contribution is -0.129. The third kappa shape index (κ3) is 3.56. The molecule has 0 bridgehead atoms. The molecule has 9 nitrogen and oxygen atoms in total. The number of fused-ring (bicyclic) bond motifs is 2. The molecular formula is C26H26N8O. The number of aryl methyl sites for hydroxylation is 1. The lowest BCUT2D eigenvalue weighted by Gasteiger charge is -2.31. The Morgan fingerprint density at radius 3 is 2.54 bits per heavy atom. The van der Waals surface area contributed by atoms with E-state index in [1.165, 1.54) is 0 Å². The van der Waals surface area contributed by atoms with Crippen molar-refractivity contribution in [1.29, 1.82) is 0 Å². The van der Waals surface area contributed by atoms with E-state index < -0.39 is 0 Å². The van der Waals surface area contributed by atoms with Crippen LogP contribution in [0.15, 0.2) is 73.3 Å². The van der Waals surface area contributed by atoms with Crippen molar-refractivity contribution in [2.24, 2.45) is 0 Å². The SMILES string of the molecule is Cc1nc2cnccc2n1-c1ccc(C2=CC(=O)N(C)C3C(N2)C(c2cccnc2)NN3C)cc1. The van der Waals surface area contributed by atoms with Gasteiger partial charge in [-0.25, -0.2) is 15.4 Å². The Morgan fingerprint density at radius 1 is 0.971 bits per heavy atom. The van der Waals surface area contributed by atoms with Crippen molar-refractivity contribution in [2.45, 2.75) is 25.2 Å². The fourth-order valence-electron chi connectivity index (χ4n) is 5.20. The van der Waals surface area contributed by atoms with Crippen LogP contribution in [-0.2, 0) is 4.79 Å². The Hall–Kier alpha value is -4.08. The van der Waals surface area contributed by atoms with Crippen molar-refractivity contribution in [3.8, 4) is 5.69 Å². The zero-order valence-corrected chi connectivity index (χ0v) is 19.8. The summed E-state index contributed by atoms with van der Waals surface area (Å²) in [5.74, 6) is 0.847. The van der Waals surface area contributed by atoms with E-state index in [0.29, 0.717) is 0 Å². The molecule has 176 valence electrons. The largest absolute Gasteiger partial charge is 0.376 e. The van der Waals surface area contributed by atoms with Gasteiger partial charge in [0.1, 0.15) is 17.5 Å². The maximum Gasteiger partial charge on any atom is 0.249 e. The van der Waals surface area contributed by atoms with Gasteiger partial charge >= 0.3 is 0 Å². The molecule has 0 aliphatic carbocycles. The summed E-state index contributed by atoms with van der Waals surface area (Å²) in [5, 5.41) is 5.66. The van der Waals surface area contributed by atoms with Gasteiger partial charge < -0.3 is 10.2 Å². The van der Waals surface area contributed by atoms with Crippen LogP contribution in [0.3, 0.4) is 0 Å². The van der Waals surface area contributed by atoms with Crippen LogP contribution in [0.5, 0.6) is 0 Å². The maximum absolute atomic E-state index is 13.1. The highest BCUT2D eigenvalue weighted by atomic mass is 16.2. The number of nitrogens with one attached hydrogen (secondary N) is 2. The second-order valence-corrected chi connectivity index (χ2v) is 9.00. The number of rotatable bonds is 3. The van der Waals surface area contributed by atoms with Crippen LogP contribution in [0, 0.1) is 6.92 Å². The van der Waals surface area contributed by atoms with Crippen molar-refractivity contribution in [3.05, 3.63) is 90.3 Å². The summed E-state index contributed by atoms with van der Waals surface area (Å²) in [4.78, 5) is 28.0. The number of hydrogen-bond acceptors (Lipinski definition) is 7. The summed E-state index contributed by atoms with van der Waals surface area (Å²) in [6.07, 6.45) is 8.72. The first-order valence-corrected chi connectivity index (χ1v) is 11.5. The molecule has 2 aliphatic heterocycles. The molecule has 9 heteroatoms. The molecule has 1 aromatic carbocycles. The fourth-order valence-corrected chi connectivity index (χ4v) is 5.20. The summed E-state index contributed by atoms with van der Waals surface area (Å²) >= 11 is 0. The normalized spacial score (nSPS) is 22.6. The van der Waals surface area contributed by atoms with Gasteiger partial charge in [-0.3, -0.25) is 19.3 Å². The number of hydrogen-bond donors (Lipinski definition) is 2. The van der Waals surface area contributed by atoms with Crippen LogP contribution >= 0.6 is 0 Å². The molecule has 3 aromatic heterocycles. The van der Waals surface area contributed by atoms with Gasteiger partial charge in [0, 0.05) is 50.1 Å². The number of amides is 1. The number of carbonyl (C=O) groups is 1. The minimum atomic E-state index is -0.158. The van der Waals surface area contributed by atoms with Gasteiger partial charge in [0.2, 0.25) is 5.91 Å². The number of carbonyl (C=O) groups excluding carboxylic acids is 1. The summed E-state index contributed by atoms with van der Waals surface area (Å²) in [6, 6.07) is 14.0. The second kappa shape index (κ2) is 8.30. The number of hydrazine groups is 1. The van der Waals surface area contributed by atoms with Crippen LogP contribution in [0.4, 0.5) is 0 Å². The Bertz CT molecular complexity index is 1430. The van der Waals surface area contributed by atoms with Gasteiger partial charge in [-0.15, -0.1) is 0 Å². The zero-order chi connectivity index (χ0) is 24.1. The minimum Gasteiger partial charge on any atom is -0.376 e. The molecule has 4 aromatic rings. The van der Waals surface area contributed by atoms with E-state index in [2.05, 4.69) is 48.5 Å². The van der Waals surface area contributed by atoms with Crippen LogP contribution in [-0.4, -0.2) is 61.6 Å². The molecule has 0 radical (unpaired) electrons. The molecule has 5 heterocycles. The Kier molecular flexibility index (Phi) is 5.09. The molecule has 2 N–H and O–H groups in total. The average Bonchev–Trinajstić information content (AvgIpc) is 3.34. The molecule has 1 amide bonds. The van der Waals surface area contributed by atoms with E-state index in [1.54, 1.807) is 29.6 Å². The number of benzene rings is 1. The van der Waals surface area contributed by atoms with Crippen LogP contribution in [0.25, 0.3) is 22.4 Å². The topological polar surface area (TPSA) is 91.2 Å². The van der Waals surface area contributed by atoms with Gasteiger partial charge in [0.25, 0.3) is 0 Å². The smallest absolute Gasteiger partial charge is 0.249 e. The van der Waals surface area contributed by atoms with Crippen LogP contribution in [0.1, 0.15) is 23.0 Å². The van der Waals surface area contributed by atoms with Gasteiger partial charge in [-0.05, 0) is 42.3 Å². The number of pyridine rings is 2. The van der Waals surface area contributed by atoms with Gasteiger partial charge in [0.15, 0.2) is 0 Å². The first kappa shape index (κ1) is 21.5. The molecule has 3 atom stereocenters. The van der Waals surface area contributed by atoms with Crippen LogP contribution in [0.2, 0.25) is 0 Å². The highest BCUT2D eigenvalue weighted by Crippen LogP contribution is 2.32. The van der Waals surface area contributed by atoms with Crippen molar-refractivity contribution < 1.29 is 4.79 Å². The van der Waals surface area contributed by atoms with E-state index in [-0.39, 0.29) is 24.2 Å². The number of imidazole rings is 1. The molecule has 3 unspecified atom stereocenters. The summed E-state index contributed by atoms with van der Waals surface area (Å²) in [6.45, 7) is 1.99. The molecule has 0 spiro atoms. The van der Waals surface area contributed by atoms with Gasteiger partial charge in [0.05, 0.1) is 23.8 Å². The Morgan fingerprint density at radius 2 is 1.77 bits per heavy atom. The highest BCUT2D eigenvalue weighted by molar-refractivity contribution is 5.95. The number of aromatic nitrogens is 4. The van der Waals surface area contributed by atoms with E-state index in [4.69, 9.17) is 0 Å². The van der Waals surface area contributed by atoms with Crippen molar-refractivity contribution in [3.63, 3.8) is 0 Å². The molecular weight excluding hydrogens is 440 g/mol. The predicted molar refractivity (Wildman–Crippen MR) is 133 cm³/mol. The second-order valence-electron chi connectivity index (χ2n) is 9.00. The number of nitrogens with zero attached hydrogens (tertiary/aromatic N) is 6. The summed E-state index contributed by atoms with van der Waals surface area (Å²) in [7, 11) is 3.81. The summed E-state index contributed by atoms with van der Waals surface area (Å²) < 4.78 is 2.11. The molecule has 35 heavy (non-hydrogen) atoms.